The predicted octanol–water partition coefficient (Wildman–Crippen LogP) is 9.77. The molecule has 0 fully saturated rings. The van der Waals surface area contributed by atoms with Gasteiger partial charge in [-0.05, 0) is 42.3 Å². The molecule has 39 heavy (non-hydrogen) atoms. The molecule has 203 valence electrons. The molecule has 2 heterocycles. The van der Waals surface area contributed by atoms with Gasteiger partial charge in [-0.1, -0.05) is 109 Å². The summed E-state index contributed by atoms with van der Waals surface area (Å²) in [6.07, 6.45) is 6.88. The van der Waals surface area contributed by atoms with Crippen molar-refractivity contribution in [1.29, 1.82) is 0 Å². The van der Waals surface area contributed by atoms with Gasteiger partial charge in [-0.25, -0.2) is 0 Å². The fourth-order valence-electron chi connectivity index (χ4n) is 6.47. The number of anilines is 1. The van der Waals surface area contributed by atoms with Crippen molar-refractivity contribution in [1.82, 2.24) is 0 Å². The first-order valence-corrected chi connectivity index (χ1v) is 12.5. The van der Waals surface area contributed by atoms with Crippen LogP contribution in [0.15, 0.2) is 96.7 Å². The Morgan fingerprint density at radius 3 is 1.87 bits per heavy atom. The van der Waals surface area contributed by atoms with Crippen LogP contribution in [0.25, 0.3) is 21.5 Å². The van der Waals surface area contributed by atoms with Crippen LogP contribution < -0.4 is 4.90 Å². The van der Waals surface area contributed by atoms with E-state index in [1.54, 1.807) is 0 Å². The summed E-state index contributed by atoms with van der Waals surface area (Å²) in [5.41, 5.74) is 7.98. The fraction of sp³-hybridized carbons (Fsp3) is 0.306. The average molecular weight is 557 g/mol. The normalized spacial score (nSPS) is 17.4. The van der Waals surface area contributed by atoms with Crippen LogP contribution in [0, 0.1) is 0 Å². The Morgan fingerprint density at radius 1 is 0.692 bits per heavy atom. The van der Waals surface area contributed by atoms with E-state index in [0.717, 1.165) is 0 Å². The minimum absolute atomic E-state index is 0. The van der Waals surface area contributed by atoms with Crippen LogP contribution in [-0.2, 0) is 29.4 Å². The maximum atomic E-state index is 2.39. The number of fused-ring (bicyclic) bond motifs is 6. The second-order valence-corrected chi connectivity index (χ2v) is 11.0. The summed E-state index contributed by atoms with van der Waals surface area (Å²) < 4.78 is 2.39. The van der Waals surface area contributed by atoms with Gasteiger partial charge >= 0.3 is 0 Å². The van der Waals surface area contributed by atoms with Gasteiger partial charge in [0, 0.05) is 53.7 Å². The minimum Gasteiger partial charge on any atom is -0.347 e. The topological polar surface area (TPSA) is 6.25 Å². The summed E-state index contributed by atoms with van der Waals surface area (Å²) in [5.74, 6) is 0. The Hall–Kier alpha value is -3.07. The van der Waals surface area contributed by atoms with Gasteiger partial charge in [0.2, 0.25) is 5.69 Å². The molecule has 0 saturated heterocycles. The standard InChI is InChI=1S/C33H33N2.3CH4.V/c1-32(2)26-20-18-22-12-7-9-14-24(22)30(26)34(5)28(32)16-11-17-29-33(3,4)27-21-19-23-13-8-10-15-25(23)31(27)35(29)6;;;;/h7-21H,1-6H3;3*1H4;/q+1;;;;. The van der Waals surface area contributed by atoms with E-state index in [9.17, 15) is 0 Å². The van der Waals surface area contributed by atoms with Crippen molar-refractivity contribution in [3.8, 4) is 0 Å². The first-order chi connectivity index (χ1) is 16.7. The zero-order chi connectivity index (χ0) is 24.5. The molecule has 2 aliphatic rings. The van der Waals surface area contributed by atoms with E-state index in [1.807, 2.05) is 0 Å². The van der Waals surface area contributed by atoms with Crippen molar-refractivity contribution in [2.45, 2.75) is 60.8 Å². The van der Waals surface area contributed by atoms with Crippen molar-refractivity contribution in [2.75, 3.05) is 19.0 Å². The molecule has 6 rings (SSSR count). The molecule has 0 atom stereocenters. The summed E-state index contributed by atoms with van der Waals surface area (Å²) in [4.78, 5) is 2.39. The van der Waals surface area contributed by atoms with Crippen LogP contribution in [0.1, 0.15) is 61.1 Å². The van der Waals surface area contributed by atoms with Crippen LogP contribution in [0.5, 0.6) is 0 Å². The number of hydrogen-bond acceptors (Lipinski definition) is 1. The van der Waals surface area contributed by atoms with Crippen molar-refractivity contribution >= 4 is 38.6 Å². The molecule has 2 nitrogen and oxygen atoms in total. The largest absolute Gasteiger partial charge is 0.347 e. The van der Waals surface area contributed by atoms with Gasteiger partial charge in [0.25, 0.3) is 0 Å². The summed E-state index contributed by atoms with van der Waals surface area (Å²) in [7, 11) is 4.42. The minimum atomic E-state index is -0.0562. The molecule has 0 aliphatic carbocycles. The predicted molar refractivity (Wildman–Crippen MR) is 171 cm³/mol. The van der Waals surface area contributed by atoms with Crippen LogP contribution in [0.4, 0.5) is 11.4 Å². The first kappa shape index (κ1) is 32.1. The van der Waals surface area contributed by atoms with Crippen LogP contribution >= 0.6 is 0 Å². The SMILES string of the molecule is C.C.C.CN1C(=CC=CC2=[N+](C)c3c(ccc4ccccc34)C2(C)C)C(C)(C)c2ccc3ccccc3c21.[V]. The Labute approximate surface area is 248 Å². The van der Waals surface area contributed by atoms with E-state index in [-0.39, 0.29) is 51.7 Å². The number of hydrogen-bond donors (Lipinski definition) is 0. The van der Waals surface area contributed by atoms with Crippen LogP contribution in [0.3, 0.4) is 0 Å². The third-order valence-electron chi connectivity index (χ3n) is 8.33. The molecule has 0 N–H and O–H groups in total. The molecular formula is C36H45N2V+. The summed E-state index contributed by atoms with van der Waals surface area (Å²) >= 11 is 0. The van der Waals surface area contributed by atoms with Gasteiger partial charge < -0.3 is 4.90 Å². The third kappa shape index (κ3) is 4.58. The van der Waals surface area contributed by atoms with Crippen LogP contribution in [-0.4, -0.2) is 24.4 Å². The molecule has 4 aromatic carbocycles. The molecule has 1 radical (unpaired) electrons. The second kappa shape index (κ2) is 11.2. The zero-order valence-corrected chi connectivity index (χ0v) is 23.4. The van der Waals surface area contributed by atoms with Gasteiger partial charge in [0.05, 0.1) is 16.5 Å². The van der Waals surface area contributed by atoms with Gasteiger partial charge in [0.1, 0.15) is 7.05 Å². The second-order valence-electron chi connectivity index (χ2n) is 11.0. The third-order valence-corrected chi connectivity index (χ3v) is 8.33. The van der Waals surface area contributed by atoms with E-state index in [4.69, 9.17) is 0 Å². The Morgan fingerprint density at radius 2 is 1.23 bits per heavy atom. The van der Waals surface area contributed by atoms with Crippen LogP contribution in [0.2, 0.25) is 0 Å². The monoisotopic (exact) mass is 556 g/mol. The smallest absolute Gasteiger partial charge is 0.217 e. The van der Waals surface area contributed by atoms with Crippen molar-refractivity contribution in [3.63, 3.8) is 0 Å². The molecule has 3 heteroatoms. The number of rotatable bonds is 2. The number of allylic oxidation sites excluding steroid dienone is 4. The van der Waals surface area contributed by atoms with Gasteiger partial charge in [0.15, 0.2) is 5.71 Å². The van der Waals surface area contributed by atoms with E-state index in [0.29, 0.717) is 0 Å². The molecule has 0 unspecified atom stereocenters. The van der Waals surface area contributed by atoms with Gasteiger partial charge in [-0.15, -0.1) is 0 Å². The molecular weight excluding hydrogens is 511 g/mol. The molecule has 4 aromatic rings. The molecule has 0 amide bonds. The maximum Gasteiger partial charge on any atom is 0.217 e. The van der Waals surface area contributed by atoms with E-state index >= 15 is 0 Å². The van der Waals surface area contributed by atoms with E-state index < -0.39 is 0 Å². The summed E-state index contributed by atoms with van der Waals surface area (Å²) in [5, 5.41) is 5.23. The number of benzene rings is 4. The molecule has 2 aliphatic heterocycles. The van der Waals surface area contributed by atoms with Crippen molar-refractivity contribution in [2.24, 2.45) is 0 Å². The molecule has 0 saturated carbocycles. The maximum absolute atomic E-state index is 2.39. The molecule has 0 aromatic heterocycles. The molecule has 0 spiro atoms. The summed E-state index contributed by atoms with van der Waals surface area (Å²) in [6.45, 7) is 9.35. The van der Waals surface area contributed by atoms with E-state index in [2.05, 4.69) is 142 Å². The average Bonchev–Trinajstić information content (AvgIpc) is 3.17. The Balaban J connectivity index is 0.00000133. The quantitative estimate of drug-likeness (QED) is 0.223. The zero-order valence-electron chi connectivity index (χ0n) is 22.0. The van der Waals surface area contributed by atoms with Gasteiger partial charge in [-0.3, -0.25) is 0 Å². The summed E-state index contributed by atoms with van der Waals surface area (Å²) in [6, 6.07) is 26.5. The first-order valence-electron chi connectivity index (χ1n) is 12.5. The fourth-order valence-corrected chi connectivity index (χ4v) is 6.47. The van der Waals surface area contributed by atoms with Crippen molar-refractivity contribution in [3.05, 3.63) is 108 Å². The number of nitrogens with zero attached hydrogens (tertiary/aromatic N) is 2. The van der Waals surface area contributed by atoms with Crippen molar-refractivity contribution < 1.29 is 23.1 Å². The Bertz CT molecular complexity index is 1620. The number of likely N-dealkylation sites (N-methyl/N-ethyl adjacent to an activating group) is 1. The molecule has 0 bridgehead atoms. The van der Waals surface area contributed by atoms with Gasteiger partial charge in [-0.2, -0.15) is 4.58 Å². The Kier molecular flexibility index (Phi) is 9.23. The van der Waals surface area contributed by atoms with E-state index in [1.165, 1.54) is 55.5 Å².